The number of hydrogen-bond donors (Lipinski definition) is 2. The van der Waals surface area contributed by atoms with Crippen LogP contribution in [0.5, 0.6) is 5.75 Å². The molecule has 3 heteroatoms. The Morgan fingerprint density at radius 2 is 2.00 bits per heavy atom. The van der Waals surface area contributed by atoms with Gasteiger partial charge >= 0.3 is 0 Å². The molecule has 17 heavy (non-hydrogen) atoms. The third-order valence-corrected chi connectivity index (χ3v) is 3.94. The number of phenolic OH excluding ortho intramolecular Hbond substituents is 1. The summed E-state index contributed by atoms with van der Waals surface area (Å²) in [5, 5.41) is 15.2. The van der Waals surface area contributed by atoms with E-state index in [1.54, 1.807) is 17.4 Å². The molecular weight excluding hydrogens is 230 g/mol. The van der Waals surface area contributed by atoms with E-state index in [9.17, 15) is 5.11 Å². The standard InChI is InChI=1S/C14H17NOS/c1-9-8-13(16)10(2)7-12(9)15-11(3)14-5-4-6-17-14/h4-8,11,15-16H,1-3H3. The predicted molar refractivity (Wildman–Crippen MR) is 73.9 cm³/mol. The van der Waals surface area contributed by atoms with Gasteiger partial charge in [-0.2, -0.15) is 0 Å². The molecule has 1 aromatic heterocycles. The van der Waals surface area contributed by atoms with E-state index in [-0.39, 0.29) is 6.04 Å². The van der Waals surface area contributed by atoms with Gasteiger partial charge in [-0.1, -0.05) is 6.07 Å². The highest BCUT2D eigenvalue weighted by atomic mass is 32.1. The smallest absolute Gasteiger partial charge is 0.118 e. The molecule has 2 N–H and O–H groups in total. The molecular formula is C14H17NOS. The second kappa shape index (κ2) is 4.80. The summed E-state index contributed by atoms with van der Waals surface area (Å²) in [7, 11) is 0. The zero-order valence-electron chi connectivity index (χ0n) is 10.3. The molecule has 0 aliphatic carbocycles. The van der Waals surface area contributed by atoms with Crippen molar-refractivity contribution in [1.29, 1.82) is 0 Å². The average Bonchev–Trinajstić information content (AvgIpc) is 2.79. The van der Waals surface area contributed by atoms with Gasteiger partial charge in [0, 0.05) is 10.6 Å². The first-order valence-electron chi connectivity index (χ1n) is 5.68. The molecule has 0 bridgehead atoms. The largest absolute Gasteiger partial charge is 0.508 e. The molecule has 0 fully saturated rings. The molecule has 1 atom stereocenters. The van der Waals surface area contributed by atoms with E-state index in [0.717, 1.165) is 16.8 Å². The molecule has 0 spiro atoms. The second-order valence-electron chi connectivity index (χ2n) is 4.34. The van der Waals surface area contributed by atoms with Crippen LogP contribution >= 0.6 is 11.3 Å². The molecule has 2 rings (SSSR count). The van der Waals surface area contributed by atoms with Gasteiger partial charge in [-0.25, -0.2) is 0 Å². The Kier molecular flexibility index (Phi) is 3.38. The van der Waals surface area contributed by atoms with Crippen molar-refractivity contribution < 1.29 is 5.11 Å². The number of rotatable bonds is 3. The van der Waals surface area contributed by atoms with Crippen LogP contribution in [-0.4, -0.2) is 5.11 Å². The summed E-state index contributed by atoms with van der Waals surface area (Å²) >= 11 is 1.75. The Labute approximate surface area is 106 Å². The van der Waals surface area contributed by atoms with Crippen LogP contribution in [0.4, 0.5) is 5.69 Å². The minimum Gasteiger partial charge on any atom is -0.508 e. The third kappa shape index (κ3) is 2.61. The highest BCUT2D eigenvalue weighted by molar-refractivity contribution is 7.10. The van der Waals surface area contributed by atoms with Crippen molar-refractivity contribution in [3.63, 3.8) is 0 Å². The summed E-state index contributed by atoms with van der Waals surface area (Å²) in [4.78, 5) is 1.31. The molecule has 0 aliphatic heterocycles. The Hall–Kier alpha value is -1.48. The number of phenols is 1. The first-order chi connectivity index (χ1) is 8.08. The maximum absolute atomic E-state index is 9.62. The van der Waals surface area contributed by atoms with Crippen molar-refractivity contribution >= 4 is 17.0 Å². The first-order valence-corrected chi connectivity index (χ1v) is 6.56. The molecule has 1 aromatic carbocycles. The van der Waals surface area contributed by atoms with Crippen LogP contribution in [0, 0.1) is 13.8 Å². The topological polar surface area (TPSA) is 32.3 Å². The Balaban J connectivity index is 2.22. The lowest BCUT2D eigenvalue weighted by atomic mass is 10.1. The van der Waals surface area contributed by atoms with Gasteiger partial charge in [0.2, 0.25) is 0 Å². The molecule has 1 heterocycles. The lowest BCUT2D eigenvalue weighted by Crippen LogP contribution is -2.06. The minimum atomic E-state index is 0.289. The SMILES string of the molecule is Cc1cc(NC(C)c2cccs2)c(C)cc1O. The minimum absolute atomic E-state index is 0.289. The monoisotopic (exact) mass is 247 g/mol. The summed E-state index contributed by atoms with van der Waals surface area (Å²) in [6.07, 6.45) is 0. The number of aromatic hydroxyl groups is 1. The zero-order chi connectivity index (χ0) is 12.4. The van der Waals surface area contributed by atoms with E-state index in [1.807, 2.05) is 19.9 Å². The van der Waals surface area contributed by atoms with Crippen LogP contribution in [0.2, 0.25) is 0 Å². The number of benzene rings is 1. The normalized spacial score (nSPS) is 12.4. The molecule has 0 saturated carbocycles. The molecule has 90 valence electrons. The molecule has 0 aliphatic rings. The lowest BCUT2D eigenvalue weighted by molar-refractivity contribution is 0.471. The Morgan fingerprint density at radius 3 is 2.65 bits per heavy atom. The van der Waals surface area contributed by atoms with Crippen molar-refractivity contribution in [1.82, 2.24) is 0 Å². The van der Waals surface area contributed by atoms with Gasteiger partial charge in [0.15, 0.2) is 0 Å². The van der Waals surface area contributed by atoms with Gasteiger partial charge in [0.25, 0.3) is 0 Å². The molecule has 0 amide bonds. The van der Waals surface area contributed by atoms with Crippen LogP contribution in [-0.2, 0) is 0 Å². The van der Waals surface area contributed by atoms with Gasteiger partial charge in [0.1, 0.15) is 5.75 Å². The van der Waals surface area contributed by atoms with Gasteiger partial charge < -0.3 is 10.4 Å². The maximum atomic E-state index is 9.62. The predicted octanol–water partition coefficient (Wildman–Crippen LogP) is 4.24. The summed E-state index contributed by atoms with van der Waals surface area (Å²) in [6, 6.07) is 8.28. The number of thiophene rings is 1. The first kappa shape index (κ1) is 12.0. The number of aryl methyl sites for hydroxylation is 2. The summed E-state index contributed by atoms with van der Waals surface area (Å²) in [5.74, 6) is 0.358. The Morgan fingerprint density at radius 1 is 1.24 bits per heavy atom. The van der Waals surface area contributed by atoms with E-state index >= 15 is 0 Å². The zero-order valence-corrected chi connectivity index (χ0v) is 11.1. The van der Waals surface area contributed by atoms with Crippen molar-refractivity contribution in [3.05, 3.63) is 45.6 Å². The van der Waals surface area contributed by atoms with Crippen molar-refractivity contribution in [3.8, 4) is 5.75 Å². The molecule has 1 unspecified atom stereocenters. The van der Waals surface area contributed by atoms with E-state index in [0.29, 0.717) is 5.75 Å². The quantitative estimate of drug-likeness (QED) is 0.795. The van der Waals surface area contributed by atoms with E-state index in [4.69, 9.17) is 0 Å². The molecule has 0 saturated heterocycles. The Bertz CT molecular complexity index is 505. The summed E-state index contributed by atoms with van der Waals surface area (Å²) in [5.41, 5.74) is 3.05. The van der Waals surface area contributed by atoms with Crippen molar-refractivity contribution in [2.75, 3.05) is 5.32 Å². The molecule has 0 radical (unpaired) electrons. The van der Waals surface area contributed by atoms with E-state index < -0.39 is 0 Å². The maximum Gasteiger partial charge on any atom is 0.118 e. The lowest BCUT2D eigenvalue weighted by Gasteiger charge is -2.17. The van der Waals surface area contributed by atoms with Crippen molar-refractivity contribution in [2.45, 2.75) is 26.8 Å². The average molecular weight is 247 g/mol. The second-order valence-corrected chi connectivity index (χ2v) is 5.31. The van der Waals surface area contributed by atoms with Crippen molar-refractivity contribution in [2.24, 2.45) is 0 Å². The number of hydrogen-bond acceptors (Lipinski definition) is 3. The fraction of sp³-hybridized carbons (Fsp3) is 0.286. The molecule has 2 nitrogen and oxygen atoms in total. The van der Waals surface area contributed by atoms with Crippen LogP contribution in [0.25, 0.3) is 0 Å². The summed E-state index contributed by atoms with van der Waals surface area (Å²) in [6.45, 7) is 6.06. The van der Waals surface area contributed by atoms with Crippen LogP contribution in [0.3, 0.4) is 0 Å². The van der Waals surface area contributed by atoms with Gasteiger partial charge in [0.05, 0.1) is 6.04 Å². The molecule has 2 aromatic rings. The highest BCUT2D eigenvalue weighted by Crippen LogP contribution is 2.29. The fourth-order valence-electron chi connectivity index (χ4n) is 1.80. The number of anilines is 1. The van der Waals surface area contributed by atoms with Gasteiger partial charge in [-0.3, -0.25) is 0 Å². The highest BCUT2D eigenvalue weighted by Gasteiger charge is 2.09. The van der Waals surface area contributed by atoms with Crippen LogP contribution < -0.4 is 5.32 Å². The number of nitrogens with one attached hydrogen (secondary N) is 1. The van der Waals surface area contributed by atoms with Gasteiger partial charge in [-0.05, 0) is 55.5 Å². The summed E-state index contributed by atoms with van der Waals surface area (Å²) < 4.78 is 0. The fourth-order valence-corrected chi connectivity index (χ4v) is 2.53. The third-order valence-electron chi connectivity index (χ3n) is 2.88. The van der Waals surface area contributed by atoms with Gasteiger partial charge in [-0.15, -0.1) is 11.3 Å². The van der Waals surface area contributed by atoms with E-state index in [1.165, 1.54) is 4.88 Å². The van der Waals surface area contributed by atoms with E-state index in [2.05, 4.69) is 29.8 Å². The van der Waals surface area contributed by atoms with Crippen LogP contribution in [0.1, 0.15) is 29.0 Å². The van der Waals surface area contributed by atoms with Crippen LogP contribution in [0.15, 0.2) is 29.6 Å².